The molecule has 2 rings (SSSR count). The van der Waals surface area contributed by atoms with Crippen LogP contribution in [0.3, 0.4) is 0 Å². The third kappa shape index (κ3) is 3.74. The highest BCUT2D eigenvalue weighted by Gasteiger charge is 2.18. The van der Waals surface area contributed by atoms with E-state index in [0.717, 1.165) is 11.7 Å². The Morgan fingerprint density at radius 2 is 2.06 bits per heavy atom. The molecule has 18 heavy (non-hydrogen) atoms. The number of likely N-dealkylation sites (tertiary alicyclic amines) is 1. The minimum absolute atomic E-state index is 0.852. The molecule has 1 aliphatic rings. The van der Waals surface area contributed by atoms with E-state index in [1.54, 1.807) is 7.11 Å². The molecule has 0 unspecified atom stereocenters. The zero-order chi connectivity index (χ0) is 12.8. The number of ether oxygens (including phenoxy) is 1. The summed E-state index contributed by atoms with van der Waals surface area (Å²) in [6.07, 6.45) is 5.17. The predicted molar refractivity (Wildman–Crippen MR) is 76.2 cm³/mol. The van der Waals surface area contributed by atoms with Gasteiger partial charge in [-0.05, 0) is 68.9 Å². The molecule has 0 aliphatic carbocycles. The molecular formula is C16H25NO. The van der Waals surface area contributed by atoms with Crippen LogP contribution in [-0.4, -0.2) is 31.6 Å². The number of nitrogens with zero attached hydrogens (tertiary/aromatic N) is 1. The van der Waals surface area contributed by atoms with E-state index in [1.165, 1.54) is 50.9 Å². The van der Waals surface area contributed by atoms with Crippen molar-refractivity contribution in [3.63, 3.8) is 0 Å². The molecule has 0 amide bonds. The molecular weight excluding hydrogens is 222 g/mol. The molecule has 0 atom stereocenters. The van der Waals surface area contributed by atoms with Gasteiger partial charge in [0.25, 0.3) is 0 Å². The van der Waals surface area contributed by atoms with Crippen LogP contribution in [0.5, 0.6) is 5.75 Å². The van der Waals surface area contributed by atoms with Crippen LogP contribution in [0.25, 0.3) is 0 Å². The lowest BCUT2D eigenvalue weighted by atomic mass is 9.90. The summed E-state index contributed by atoms with van der Waals surface area (Å²) in [5.41, 5.74) is 1.42. The molecule has 1 aromatic rings. The van der Waals surface area contributed by atoms with Crippen molar-refractivity contribution in [3.8, 4) is 5.75 Å². The number of hydrogen-bond donors (Lipinski definition) is 0. The molecule has 0 bridgehead atoms. The summed E-state index contributed by atoms with van der Waals surface area (Å²) in [6, 6.07) is 8.52. The van der Waals surface area contributed by atoms with E-state index in [4.69, 9.17) is 4.74 Å². The Bertz CT molecular complexity index is 356. The lowest BCUT2D eigenvalue weighted by molar-refractivity contribution is 0.184. The van der Waals surface area contributed by atoms with Crippen molar-refractivity contribution in [1.82, 2.24) is 4.90 Å². The van der Waals surface area contributed by atoms with Crippen LogP contribution in [0.4, 0.5) is 0 Å². The Balaban J connectivity index is 1.83. The Hall–Kier alpha value is -1.02. The van der Waals surface area contributed by atoms with Gasteiger partial charge in [-0.1, -0.05) is 19.1 Å². The molecule has 100 valence electrons. The molecule has 2 nitrogen and oxygen atoms in total. The molecule has 0 N–H and O–H groups in total. The van der Waals surface area contributed by atoms with Crippen molar-refractivity contribution in [2.75, 3.05) is 26.7 Å². The van der Waals surface area contributed by atoms with Gasteiger partial charge in [0.2, 0.25) is 0 Å². The maximum absolute atomic E-state index is 5.28. The van der Waals surface area contributed by atoms with Gasteiger partial charge in [-0.2, -0.15) is 0 Å². The van der Waals surface area contributed by atoms with Crippen LogP contribution in [0.15, 0.2) is 24.3 Å². The van der Waals surface area contributed by atoms with Gasteiger partial charge < -0.3 is 9.64 Å². The number of methoxy groups -OCH3 is 1. The summed E-state index contributed by atoms with van der Waals surface area (Å²) in [5, 5.41) is 0. The first-order valence-corrected chi connectivity index (χ1v) is 7.17. The van der Waals surface area contributed by atoms with Crippen molar-refractivity contribution >= 4 is 0 Å². The first-order valence-electron chi connectivity index (χ1n) is 7.17. The lowest BCUT2D eigenvalue weighted by Gasteiger charge is -2.31. The molecule has 0 spiro atoms. The molecule has 0 aromatic heterocycles. The second-order valence-electron chi connectivity index (χ2n) is 5.34. The predicted octanol–water partition coefficient (Wildman–Crippen LogP) is 3.36. The number of hydrogen-bond acceptors (Lipinski definition) is 2. The van der Waals surface area contributed by atoms with E-state index in [1.807, 2.05) is 6.07 Å². The van der Waals surface area contributed by atoms with Gasteiger partial charge >= 0.3 is 0 Å². The van der Waals surface area contributed by atoms with Gasteiger partial charge in [-0.3, -0.25) is 0 Å². The summed E-state index contributed by atoms with van der Waals surface area (Å²) in [7, 11) is 1.74. The molecule has 1 heterocycles. The summed E-state index contributed by atoms with van der Waals surface area (Å²) in [4.78, 5) is 2.60. The zero-order valence-electron chi connectivity index (χ0n) is 11.7. The normalized spacial score (nSPS) is 17.9. The monoisotopic (exact) mass is 247 g/mol. The van der Waals surface area contributed by atoms with Crippen molar-refractivity contribution in [2.24, 2.45) is 5.92 Å². The van der Waals surface area contributed by atoms with E-state index in [9.17, 15) is 0 Å². The van der Waals surface area contributed by atoms with Gasteiger partial charge in [0.05, 0.1) is 7.11 Å². The van der Waals surface area contributed by atoms with Crippen molar-refractivity contribution in [2.45, 2.75) is 32.6 Å². The number of rotatable bonds is 5. The third-order valence-corrected chi connectivity index (χ3v) is 3.91. The van der Waals surface area contributed by atoms with Crippen LogP contribution in [0.2, 0.25) is 0 Å². The Labute approximate surface area is 111 Å². The first kappa shape index (κ1) is 13.4. The first-order chi connectivity index (χ1) is 8.81. The van der Waals surface area contributed by atoms with Crippen LogP contribution >= 0.6 is 0 Å². The molecule has 1 fully saturated rings. The van der Waals surface area contributed by atoms with Crippen molar-refractivity contribution < 1.29 is 4.74 Å². The third-order valence-electron chi connectivity index (χ3n) is 3.91. The Morgan fingerprint density at radius 3 is 2.72 bits per heavy atom. The molecule has 0 radical (unpaired) electrons. The average Bonchev–Trinajstić information content (AvgIpc) is 2.42. The smallest absolute Gasteiger partial charge is 0.119 e. The lowest BCUT2D eigenvalue weighted by Crippen LogP contribution is -2.34. The van der Waals surface area contributed by atoms with Gasteiger partial charge in [-0.25, -0.2) is 0 Å². The van der Waals surface area contributed by atoms with Crippen molar-refractivity contribution in [3.05, 3.63) is 29.8 Å². The van der Waals surface area contributed by atoms with E-state index < -0.39 is 0 Å². The minimum Gasteiger partial charge on any atom is -0.497 e. The SMILES string of the molecule is CCCN1CCC(Cc2cccc(OC)c2)CC1. The summed E-state index contributed by atoms with van der Waals surface area (Å²) in [6.45, 7) is 6.10. The van der Waals surface area contributed by atoms with E-state index in [-0.39, 0.29) is 0 Å². The quantitative estimate of drug-likeness (QED) is 0.791. The van der Waals surface area contributed by atoms with Gasteiger partial charge in [0, 0.05) is 0 Å². The fourth-order valence-electron chi connectivity index (χ4n) is 2.86. The van der Waals surface area contributed by atoms with Crippen LogP contribution in [0.1, 0.15) is 31.7 Å². The van der Waals surface area contributed by atoms with Gasteiger partial charge in [0.15, 0.2) is 0 Å². The number of piperidine rings is 1. The molecule has 2 heteroatoms. The maximum Gasteiger partial charge on any atom is 0.119 e. The van der Waals surface area contributed by atoms with Gasteiger partial charge in [-0.15, -0.1) is 0 Å². The van der Waals surface area contributed by atoms with E-state index >= 15 is 0 Å². The van der Waals surface area contributed by atoms with Crippen LogP contribution < -0.4 is 4.74 Å². The largest absolute Gasteiger partial charge is 0.497 e. The highest BCUT2D eigenvalue weighted by Crippen LogP contribution is 2.23. The highest BCUT2D eigenvalue weighted by atomic mass is 16.5. The number of benzene rings is 1. The van der Waals surface area contributed by atoms with E-state index in [2.05, 4.69) is 30.0 Å². The summed E-state index contributed by atoms with van der Waals surface area (Å²) >= 11 is 0. The Morgan fingerprint density at radius 1 is 1.28 bits per heavy atom. The molecule has 1 saturated heterocycles. The minimum atomic E-state index is 0.852. The topological polar surface area (TPSA) is 12.5 Å². The van der Waals surface area contributed by atoms with Crippen LogP contribution in [-0.2, 0) is 6.42 Å². The molecule has 1 aliphatic heterocycles. The van der Waals surface area contributed by atoms with Gasteiger partial charge in [0.1, 0.15) is 5.75 Å². The fraction of sp³-hybridized carbons (Fsp3) is 0.625. The van der Waals surface area contributed by atoms with Crippen LogP contribution in [0, 0.1) is 5.92 Å². The fourth-order valence-corrected chi connectivity index (χ4v) is 2.86. The highest BCUT2D eigenvalue weighted by molar-refractivity contribution is 5.28. The Kier molecular flexibility index (Phi) is 5.06. The average molecular weight is 247 g/mol. The summed E-state index contributed by atoms with van der Waals surface area (Å²) < 4.78 is 5.28. The molecule has 1 aromatic carbocycles. The maximum atomic E-state index is 5.28. The summed E-state index contributed by atoms with van der Waals surface area (Å²) in [5.74, 6) is 1.83. The second-order valence-corrected chi connectivity index (χ2v) is 5.34. The van der Waals surface area contributed by atoms with E-state index in [0.29, 0.717) is 0 Å². The second kappa shape index (κ2) is 6.79. The molecule has 0 saturated carbocycles. The van der Waals surface area contributed by atoms with Crippen molar-refractivity contribution in [1.29, 1.82) is 0 Å². The standard InChI is InChI=1S/C16H25NO/c1-3-9-17-10-7-14(8-11-17)12-15-5-4-6-16(13-15)18-2/h4-6,13-14H,3,7-12H2,1-2H3. The zero-order valence-corrected chi connectivity index (χ0v) is 11.7.